The number of benzene rings is 2. The van der Waals surface area contributed by atoms with E-state index in [1.54, 1.807) is 6.07 Å². The van der Waals surface area contributed by atoms with Gasteiger partial charge in [-0.25, -0.2) is 0 Å². The van der Waals surface area contributed by atoms with Crippen LogP contribution in [0.15, 0.2) is 42.5 Å². The predicted octanol–water partition coefficient (Wildman–Crippen LogP) is 5.33. The average Bonchev–Trinajstić information content (AvgIpc) is 2.54. The summed E-state index contributed by atoms with van der Waals surface area (Å²) in [4.78, 5) is 0. The number of aryl methyl sites for hydroxylation is 1. The molecule has 0 heterocycles. The van der Waals surface area contributed by atoms with E-state index in [1.165, 1.54) is 11.1 Å². The molecule has 0 spiro atoms. The van der Waals surface area contributed by atoms with Gasteiger partial charge in [0.25, 0.3) is 0 Å². The lowest BCUT2D eigenvalue weighted by molar-refractivity contribution is 0.428. The molecule has 2 aromatic rings. The van der Waals surface area contributed by atoms with Crippen molar-refractivity contribution < 1.29 is 5.11 Å². The van der Waals surface area contributed by atoms with E-state index in [-0.39, 0.29) is 12.0 Å². The normalized spacial score (nSPS) is 14.2. The first-order valence-corrected chi connectivity index (χ1v) is 8.94. The molecule has 0 aliphatic rings. The zero-order valence-corrected chi connectivity index (χ0v) is 15.6. The maximum absolute atomic E-state index is 10.5. The maximum atomic E-state index is 10.5. The largest absolute Gasteiger partial charge is 0.508 e. The predicted molar refractivity (Wildman–Crippen MR) is 103 cm³/mol. The van der Waals surface area contributed by atoms with Gasteiger partial charge in [-0.15, -0.1) is 0 Å². The summed E-state index contributed by atoms with van der Waals surface area (Å²) in [6.45, 7) is 10.8. The van der Waals surface area contributed by atoms with Crippen molar-refractivity contribution in [1.29, 1.82) is 0 Å². The standard InChI is InChI=1S/C22H31NO/c1-14(2)17-7-6-8-18(12-17)19(13-21(23)15(3)4)20-11-16(5)9-10-22(20)24/h6-12,14-15,19,21,24H,13,23H2,1-5H3. The second-order valence-electron chi connectivity index (χ2n) is 7.58. The number of nitrogens with two attached hydrogens (primary N) is 1. The van der Waals surface area contributed by atoms with Gasteiger partial charge in [-0.2, -0.15) is 0 Å². The van der Waals surface area contributed by atoms with Crippen LogP contribution in [0.25, 0.3) is 0 Å². The molecule has 0 saturated carbocycles. The molecule has 0 aliphatic heterocycles. The molecule has 0 radical (unpaired) electrons. The fourth-order valence-corrected chi connectivity index (χ4v) is 3.07. The summed E-state index contributed by atoms with van der Waals surface area (Å²) < 4.78 is 0. The highest BCUT2D eigenvalue weighted by atomic mass is 16.3. The van der Waals surface area contributed by atoms with Gasteiger partial charge in [0.2, 0.25) is 0 Å². The Morgan fingerprint density at radius 3 is 2.25 bits per heavy atom. The number of rotatable bonds is 6. The van der Waals surface area contributed by atoms with Gasteiger partial charge in [-0.05, 0) is 42.4 Å². The lowest BCUT2D eigenvalue weighted by atomic mass is 9.81. The molecular formula is C22H31NO. The van der Waals surface area contributed by atoms with Crippen molar-refractivity contribution in [3.63, 3.8) is 0 Å². The van der Waals surface area contributed by atoms with Gasteiger partial charge in [-0.1, -0.05) is 69.7 Å². The minimum Gasteiger partial charge on any atom is -0.508 e. The summed E-state index contributed by atoms with van der Waals surface area (Å²) in [6.07, 6.45) is 0.830. The van der Waals surface area contributed by atoms with Crippen LogP contribution in [-0.2, 0) is 0 Å². The Bertz CT molecular complexity index is 675. The maximum Gasteiger partial charge on any atom is 0.119 e. The van der Waals surface area contributed by atoms with Gasteiger partial charge in [0.15, 0.2) is 0 Å². The molecule has 2 atom stereocenters. The third-order valence-electron chi connectivity index (χ3n) is 4.90. The van der Waals surface area contributed by atoms with Crippen molar-refractivity contribution in [2.75, 3.05) is 0 Å². The van der Waals surface area contributed by atoms with E-state index in [2.05, 4.69) is 65.0 Å². The molecule has 0 saturated heterocycles. The molecule has 24 heavy (non-hydrogen) atoms. The summed E-state index contributed by atoms with van der Waals surface area (Å²) in [5, 5.41) is 10.5. The van der Waals surface area contributed by atoms with Crippen molar-refractivity contribution in [3.05, 3.63) is 64.7 Å². The number of phenols is 1. The Balaban J connectivity index is 2.50. The van der Waals surface area contributed by atoms with E-state index in [0.29, 0.717) is 17.6 Å². The SMILES string of the molecule is Cc1ccc(O)c(C(CC(N)C(C)C)c2cccc(C(C)C)c2)c1. The quantitative estimate of drug-likeness (QED) is 0.754. The highest BCUT2D eigenvalue weighted by Crippen LogP contribution is 2.37. The van der Waals surface area contributed by atoms with E-state index >= 15 is 0 Å². The van der Waals surface area contributed by atoms with E-state index in [0.717, 1.165) is 17.5 Å². The van der Waals surface area contributed by atoms with Crippen LogP contribution in [0.1, 0.15) is 68.2 Å². The van der Waals surface area contributed by atoms with Crippen molar-refractivity contribution in [1.82, 2.24) is 0 Å². The topological polar surface area (TPSA) is 46.2 Å². The Labute approximate surface area is 146 Å². The minimum atomic E-state index is 0.0950. The zero-order chi connectivity index (χ0) is 17.9. The molecule has 0 bridgehead atoms. The molecular weight excluding hydrogens is 294 g/mol. The molecule has 0 aromatic heterocycles. The molecule has 0 amide bonds. The fourth-order valence-electron chi connectivity index (χ4n) is 3.07. The van der Waals surface area contributed by atoms with Gasteiger partial charge in [-0.3, -0.25) is 0 Å². The van der Waals surface area contributed by atoms with Crippen molar-refractivity contribution >= 4 is 0 Å². The van der Waals surface area contributed by atoms with Gasteiger partial charge in [0.1, 0.15) is 5.75 Å². The monoisotopic (exact) mass is 325 g/mol. The van der Waals surface area contributed by atoms with Crippen LogP contribution >= 0.6 is 0 Å². The van der Waals surface area contributed by atoms with Gasteiger partial charge in [0, 0.05) is 17.5 Å². The Hall–Kier alpha value is -1.80. The third kappa shape index (κ3) is 4.39. The lowest BCUT2D eigenvalue weighted by Crippen LogP contribution is -2.29. The van der Waals surface area contributed by atoms with Crippen LogP contribution in [0.3, 0.4) is 0 Å². The molecule has 2 heteroatoms. The van der Waals surface area contributed by atoms with Crippen molar-refractivity contribution in [2.45, 2.75) is 58.9 Å². The molecule has 130 valence electrons. The number of phenolic OH excluding ortho intramolecular Hbond substituents is 1. The van der Waals surface area contributed by atoms with Crippen LogP contribution in [-0.4, -0.2) is 11.1 Å². The Kier molecular flexibility index (Phi) is 6.06. The van der Waals surface area contributed by atoms with Crippen LogP contribution in [0, 0.1) is 12.8 Å². The lowest BCUT2D eigenvalue weighted by Gasteiger charge is -2.26. The fraction of sp³-hybridized carbons (Fsp3) is 0.455. The molecule has 2 rings (SSSR count). The highest BCUT2D eigenvalue weighted by molar-refractivity contribution is 5.44. The second kappa shape index (κ2) is 7.85. The Morgan fingerprint density at radius 1 is 0.958 bits per heavy atom. The van der Waals surface area contributed by atoms with Crippen LogP contribution in [0.2, 0.25) is 0 Å². The van der Waals surface area contributed by atoms with E-state index in [4.69, 9.17) is 5.73 Å². The third-order valence-corrected chi connectivity index (χ3v) is 4.90. The zero-order valence-electron chi connectivity index (χ0n) is 15.6. The second-order valence-corrected chi connectivity index (χ2v) is 7.58. The van der Waals surface area contributed by atoms with Crippen LogP contribution in [0.4, 0.5) is 0 Å². The van der Waals surface area contributed by atoms with Gasteiger partial charge < -0.3 is 10.8 Å². The summed E-state index contributed by atoms with van der Waals surface area (Å²) in [5.41, 5.74) is 11.1. The first kappa shape index (κ1) is 18.5. The minimum absolute atomic E-state index is 0.0950. The summed E-state index contributed by atoms with van der Waals surface area (Å²) >= 11 is 0. The molecule has 3 N–H and O–H groups in total. The first-order valence-electron chi connectivity index (χ1n) is 8.94. The van der Waals surface area contributed by atoms with Crippen LogP contribution in [0.5, 0.6) is 5.75 Å². The van der Waals surface area contributed by atoms with Crippen LogP contribution < -0.4 is 5.73 Å². The summed E-state index contributed by atoms with van der Waals surface area (Å²) in [5.74, 6) is 1.36. The molecule has 2 unspecified atom stereocenters. The number of hydrogen-bond donors (Lipinski definition) is 2. The molecule has 2 nitrogen and oxygen atoms in total. The summed E-state index contributed by atoms with van der Waals surface area (Å²) in [6, 6.07) is 14.6. The molecule has 0 fully saturated rings. The van der Waals surface area contributed by atoms with Crippen molar-refractivity contribution in [2.24, 2.45) is 11.7 Å². The molecule has 0 aliphatic carbocycles. The van der Waals surface area contributed by atoms with E-state index < -0.39 is 0 Å². The number of aromatic hydroxyl groups is 1. The Morgan fingerprint density at radius 2 is 1.62 bits per heavy atom. The highest BCUT2D eigenvalue weighted by Gasteiger charge is 2.23. The smallest absolute Gasteiger partial charge is 0.119 e. The summed E-state index contributed by atoms with van der Waals surface area (Å²) in [7, 11) is 0. The van der Waals surface area contributed by atoms with Gasteiger partial charge in [0.05, 0.1) is 0 Å². The first-order chi connectivity index (χ1) is 11.3. The van der Waals surface area contributed by atoms with Gasteiger partial charge >= 0.3 is 0 Å². The average molecular weight is 325 g/mol. The molecule has 2 aromatic carbocycles. The van der Waals surface area contributed by atoms with E-state index in [9.17, 15) is 5.11 Å². The number of hydrogen-bond acceptors (Lipinski definition) is 2. The van der Waals surface area contributed by atoms with Crippen molar-refractivity contribution in [3.8, 4) is 5.75 Å². The van der Waals surface area contributed by atoms with E-state index in [1.807, 2.05) is 6.07 Å².